The van der Waals surface area contributed by atoms with Crippen molar-refractivity contribution in [1.82, 2.24) is 9.78 Å². The van der Waals surface area contributed by atoms with Crippen LogP contribution in [0, 0.1) is 12.8 Å². The molecule has 1 aromatic rings. The number of halogens is 1. The van der Waals surface area contributed by atoms with E-state index in [0.717, 1.165) is 22.8 Å². The first kappa shape index (κ1) is 11.9. The van der Waals surface area contributed by atoms with Gasteiger partial charge >= 0.3 is 0 Å². The van der Waals surface area contributed by atoms with Gasteiger partial charge < -0.3 is 5.73 Å². The number of hydrogen-bond acceptors (Lipinski definition) is 2. The molecule has 4 heteroatoms. The molecular formula is C12H20ClN3. The van der Waals surface area contributed by atoms with Gasteiger partial charge in [-0.2, -0.15) is 5.10 Å². The first-order valence-electron chi connectivity index (χ1n) is 6.03. The Labute approximate surface area is 102 Å². The maximum absolute atomic E-state index is 6.26. The molecule has 1 atom stereocenters. The van der Waals surface area contributed by atoms with Gasteiger partial charge in [-0.1, -0.05) is 24.4 Å². The Bertz CT molecular complexity index is 367. The standard InChI is InChI=1S/C12H20ClN3/c1-8-12(13)11(16(2)15-8)7-10(14)9-5-3-4-6-9/h9-10H,3-7,14H2,1-2H3. The van der Waals surface area contributed by atoms with Crippen LogP contribution in [-0.2, 0) is 13.5 Å². The van der Waals surface area contributed by atoms with Crippen molar-refractivity contribution in [3.63, 3.8) is 0 Å². The number of aromatic nitrogens is 2. The van der Waals surface area contributed by atoms with Gasteiger partial charge in [0, 0.05) is 19.5 Å². The maximum Gasteiger partial charge on any atom is 0.0847 e. The van der Waals surface area contributed by atoms with Crippen LogP contribution < -0.4 is 5.73 Å². The molecule has 1 aromatic heterocycles. The molecule has 0 saturated heterocycles. The van der Waals surface area contributed by atoms with Crippen LogP contribution in [0.25, 0.3) is 0 Å². The Hall–Kier alpha value is -0.540. The van der Waals surface area contributed by atoms with E-state index in [1.165, 1.54) is 25.7 Å². The molecule has 0 aromatic carbocycles. The number of hydrogen-bond donors (Lipinski definition) is 1. The minimum absolute atomic E-state index is 0.231. The zero-order valence-electron chi connectivity index (χ0n) is 10.0. The van der Waals surface area contributed by atoms with Crippen molar-refractivity contribution in [2.24, 2.45) is 18.7 Å². The molecule has 2 rings (SSSR count). The Morgan fingerprint density at radius 2 is 2.12 bits per heavy atom. The number of nitrogens with zero attached hydrogens (tertiary/aromatic N) is 2. The lowest BCUT2D eigenvalue weighted by atomic mass is 9.95. The molecule has 0 amide bonds. The SMILES string of the molecule is Cc1nn(C)c(CC(N)C2CCCC2)c1Cl. The number of nitrogens with two attached hydrogens (primary N) is 1. The van der Waals surface area contributed by atoms with Crippen molar-refractivity contribution in [2.75, 3.05) is 0 Å². The molecule has 1 aliphatic carbocycles. The van der Waals surface area contributed by atoms with Gasteiger partial charge in [-0.3, -0.25) is 4.68 Å². The van der Waals surface area contributed by atoms with Gasteiger partial charge in [-0.15, -0.1) is 0 Å². The largest absolute Gasteiger partial charge is 0.327 e. The number of rotatable bonds is 3. The van der Waals surface area contributed by atoms with Crippen LogP contribution in [-0.4, -0.2) is 15.8 Å². The smallest absolute Gasteiger partial charge is 0.0847 e. The summed E-state index contributed by atoms with van der Waals surface area (Å²) in [6, 6.07) is 0.231. The van der Waals surface area contributed by atoms with E-state index in [1.807, 2.05) is 18.7 Å². The summed E-state index contributed by atoms with van der Waals surface area (Å²) in [5.41, 5.74) is 8.24. The van der Waals surface area contributed by atoms with Crippen molar-refractivity contribution >= 4 is 11.6 Å². The summed E-state index contributed by atoms with van der Waals surface area (Å²) < 4.78 is 1.87. The fourth-order valence-electron chi connectivity index (χ4n) is 2.68. The highest BCUT2D eigenvalue weighted by atomic mass is 35.5. The van der Waals surface area contributed by atoms with Crippen LogP contribution >= 0.6 is 11.6 Å². The molecule has 16 heavy (non-hydrogen) atoms. The summed E-state index contributed by atoms with van der Waals surface area (Å²) >= 11 is 6.23. The first-order chi connectivity index (χ1) is 7.59. The first-order valence-corrected chi connectivity index (χ1v) is 6.41. The average molecular weight is 242 g/mol. The van der Waals surface area contributed by atoms with Gasteiger partial charge in [0.1, 0.15) is 0 Å². The van der Waals surface area contributed by atoms with Gasteiger partial charge in [0.2, 0.25) is 0 Å². The maximum atomic E-state index is 6.26. The average Bonchev–Trinajstić information content (AvgIpc) is 2.83. The monoisotopic (exact) mass is 241 g/mol. The van der Waals surface area contributed by atoms with E-state index < -0.39 is 0 Å². The number of aryl methyl sites for hydroxylation is 2. The molecule has 1 aliphatic rings. The summed E-state index contributed by atoms with van der Waals surface area (Å²) in [5.74, 6) is 0.672. The Kier molecular flexibility index (Phi) is 3.55. The van der Waals surface area contributed by atoms with Crippen LogP contribution in [0.5, 0.6) is 0 Å². The molecule has 2 N–H and O–H groups in total. The topological polar surface area (TPSA) is 43.8 Å². The third-order valence-corrected chi connectivity index (χ3v) is 4.19. The van der Waals surface area contributed by atoms with Gasteiger partial charge in [0.25, 0.3) is 0 Å². The Balaban J connectivity index is 2.07. The van der Waals surface area contributed by atoms with Crippen molar-refractivity contribution in [2.45, 2.75) is 45.1 Å². The highest BCUT2D eigenvalue weighted by Gasteiger charge is 2.24. The molecular weight excluding hydrogens is 222 g/mol. The molecule has 1 fully saturated rings. The highest BCUT2D eigenvalue weighted by molar-refractivity contribution is 6.31. The molecule has 90 valence electrons. The molecule has 0 aliphatic heterocycles. The van der Waals surface area contributed by atoms with Crippen molar-refractivity contribution in [3.8, 4) is 0 Å². The lowest BCUT2D eigenvalue weighted by Crippen LogP contribution is -2.31. The predicted molar refractivity (Wildman–Crippen MR) is 66.6 cm³/mol. The molecule has 0 radical (unpaired) electrons. The Morgan fingerprint density at radius 1 is 1.50 bits per heavy atom. The van der Waals surface area contributed by atoms with Crippen LogP contribution in [0.4, 0.5) is 0 Å². The fourth-order valence-corrected chi connectivity index (χ4v) is 2.91. The summed E-state index contributed by atoms with van der Waals surface area (Å²) in [4.78, 5) is 0. The molecule has 0 spiro atoms. The summed E-state index contributed by atoms with van der Waals surface area (Å²) in [5, 5.41) is 5.11. The normalized spacial score (nSPS) is 19.2. The molecule has 1 unspecified atom stereocenters. The van der Waals surface area contributed by atoms with Crippen LogP contribution in [0.3, 0.4) is 0 Å². The summed E-state index contributed by atoms with van der Waals surface area (Å²) in [7, 11) is 1.94. The van der Waals surface area contributed by atoms with Crippen molar-refractivity contribution < 1.29 is 0 Å². The van der Waals surface area contributed by atoms with E-state index in [4.69, 9.17) is 17.3 Å². The molecule has 3 nitrogen and oxygen atoms in total. The zero-order valence-corrected chi connectivity index (χ0v) is 10.8. The predicted octanol–water partition coefficient (Wildman–Crippen LogP) is 2.44. The van der Waals surface area contributed by atoms with Crippen molar-refractivity contribution in [1.29, 1.82) is 0 Å². The third-order valence-electron chi connectivity index (χ3n) is 3.70. The zero-order chi connectivity index (χ0) is 11.7. The molecule has 1 saturated carbocycles. The van der Waals surface area contributed by atoms with Gasteiger partial charge in [0.05, 0.1) is 16.4 Å². The van der Waals surface area contributed by atoms with Crippen LogP contribution in [0.2, 0.25) is 5.02 Å². The third kappa shape index (κ3) is 2.25. The minimum Gasteiger partial charge on any atom is -0.327 e. The van der Waals surface area contributed by atoms with Gasteiger partial charge in [0.15, 0.2) is 0 Å². The van der Waals surface area contributed by atoms with E-state index in [9.17, 15) is 0 Å². The second-order valence-corrected chi connectivity index (χ2v) is 5.26. The van der Waals surface area contributed by atoms with Crippen LogP contribution in [0.15, 0.2) is 0 Å². The summed E-state index contributed by atoms with van der Waals surface area (Å²) in [6.07, 6.45) is 6.05. The van der Waals surface area contributed by atoms with E-state index >= 15 is 0 Å². The second kappa shape index (κ2) is 4.76. The fraction of sp³-hybridized carbons (Fsp3) is 0.750. The van der Waals surface area contributed by atoms with E-state index in [2.05, 4.69) is 5.10 Å². The lowest BCUT2D eigenvalue weighted by Gasteiger charge is -2.18. The molecule has 1 heterocycles. The lowest BCUT2D eigenvalue weighted by molar-refractivity contribution is 0.421. The quantitative estimate of drug-likeness (QED) is 0.884. The molecule has 0 bridgehead atoms. The minimum atomic E-state index is 0.231. The second-order valence-electron chi connectivity index (χ2n) is 4.88. The van der Waals surface area contributed by atoms with E-state index in [-0.39, 0.29) is 6.04 Å². The van der Waals surface area contributed by atoms with Crippen molar-refractivity contribution in [3.05, 3.63) is 16.4 Å². The van der Waals surface area contributed by atoms with E-state index in [1.54, 1.807) is 0 Å². The van der Waals surface area contributed by atoms with E-state index in [0.29, 0.717) is 5.92 Å². The summed E-state index contributed by atoms with van der Waals surface area (Å²) in [6.45, 7) is 1.94. The van der Waals surface area contributed by atoms with Gasteiger partial charge in [-0.05, 0) is 25.7 Å². The highest BCUT2D eigenvalue weighted by Crippen LogP contribution is 2.29. The Morgan fingerprint density at radius 3 is 2.62 bits per heavy atom. The van der Waals surface area contributed by atoms with Crippen LogP contribution in [0.1, 0.15) is 37.1 Å². The van der Waals surface area contributed by atoms with Gasteiger partial charge in [-0.25, -0.2) is 0 Å².